The minimum atomic E-state index is -0.552. The molecule has 0 radical (unpaired) electrons. The highest BCUT2D eigenvalue weighted by Gasteiger charge is 2.14. The maximum absolute atomic E-state index is 12.4. The molecule has 0 aliphatic heterocycles. The average Bonchev–Trinajstić information content (AvgIpc) is 2.40. The Balaban J connectivity index is 0.00000242. The number of pyridine rings is 1. The zero-order valence-corrected chi connectivity index (χ0v) is 13.8. The quantitative estimate of drug-likeness (QED) is 0.626. The number of aromatic nitrogens is 1. The normalized spacial score (nSPS) is 9.87. The zero-order chi connectivity index (χ0) is 15.6. The summed E-state index contributed by atoms with van der Waals surface area (Å²) in [6.07, 6.45) is 1.53. The maximum atomic E-state index is 12.4. The first kappa shape index (κ1) is 20.6. The molecule has 8 heteroatoms. The highest BCUT2D eigenvalue weighted by molar-refractivity contribution is 6.10. The summed E-state index contributed by atoms with van der Waals surface area (Å²) >= 11 is 0. The van der Waals surface area contributed by atoms with Crippen LogP contribution >= 0.6 is 12.4 Å². The molecule has 2 aromatic rings. The number of carbonyl (C=O) groups is 1. The van der Waals surface area contributed by atoms with Crippen LogP contribution in [0.2, 0.25) is 0 Å². The van der Waals surface area contributed by atoms with Gasteiger partial charge in [0.25, 0.3) is 11.5 Å². The van der Waals surface area contributed by atoms with Gasteiger partial charge in [-0.3, -0.25) is 9.59 Å². The van der Waals surface area contributed by atoms with Crippen LogP contribution < -0.4 is 17.0 Å². The van der Waals surface area contributed by atoms with Crippen molar-refractivity contribution < 1.29 is 10.3 Å². The van der Waals surface area contributed by atoms with E-state index in [1.807, 2.05) is 13.8 Å². The molecule has 2 rings (SSSR count). The van der Waals surface area contributed by atoms with E-state index >= 15 is 0 Å². The van der Waals surface area contributed by atoms with E-state index in [0.717, 1.165) is 0 Å². The Morgan fingerprint density at radius 3 is 2.30 bits per heavy atom. The predicted molar refractivity (Wildman–Crippen MR) is 94.0 cm³/mol. The van der Waals surface area contributed by atoms with E-state index in [9.17, 15) is 9.59 Å². The van der Waals surface area contributed by atoms with Gasteiger partial charge in [-0.1, -0.05) is 32.0 Å². The number of nitrogens with two attached hydrogens (primary N) is 2. The SMILES string of the molecule is CC(C)Cn1cc(C(=O)N=C(N)N)c2ccccc2c1=O.Cl.O. The largest absolute Gasteiger partial charge is 0.412 e. The highest BCUT2D eigenvalue weighted by atomic mass is 35.5. The van der Waals surface area contributed by atoms with Gasteiger partial charge in [0.1, 0.15) is 0 Å². The first-order valence-electron chi connectivity index (χ1n) is 6.66. The number of fused-ring (bicyclic) bond motifs is 1. The first-order valence-corrected chi connectivity index (χ1v) is 6.66. The molecule has 0 spiro atoms. The molecule has 6 N–H and O–H groups in total. The molecule has 1 heterocycles. The number of guanidine groups is 1. The molecule has 0 aliphatic rings. The molecule has 1 amide bonds. The summed E-state index contributed by atoms with van der Waals surface area (Å²) in [4.78, 5) is 28.1. The van der Waals surface area contributed by atoms with Gasteiger partial charge < -0.3 is 21.5 Å². The molecule has 0 fully saturated rings. The average molecular weight is 341 g/mol. The fourth-order valence-corrected chi connectivity index (χ4v) is 2.22. The molecule has 1 aromatic carbocycles. The smallest absolute Gasteiger partial charge is 0.282 e. The number of aliphatic imine (C=N–C) groups is 1. The van der Waals surface area contributed by atoms with Crippen molar-refractivity contribution in [2.75, 3.05) is 0 Å². The van der Waals surface area contributed by atoms with Gasteiger partial charge in [-0.05, 0) is 12.0 Å². The van der Waals surface area contributed by atoms with Crippen molar-refractivity contribution in [1.82, 2.24) is 4.57 Å². The maximum Gasteiger partial charge on any atom is 0.282 e. The molecule has 0 unspecified atom stereocenters. The van der Waals surface area contributed by atoms with Gasteiger partial charge in [0.2, 0.25) is 0 Å². The van der Waals surface area contributed by atoms with Crippen molar-refractivity contribution in [3.05, 3.63) is 46.4 Å². The van der Waals surface area contributed by atoms with Crippen LogP contribution in [0.4, 0.5) is 0 Å². The third kappa shape index (κ3) is 4.54. The van der Waals surface area contributed by atoms with E-state index in [1.54, 1.807) is 24.3 Å². The van der Waals surface area contributed by atoms with Crippen LogP contribution in [0, 0.1) is 5.92 Å². The molecule has 126 valence electrons. The van der Waals surface area contributed by atoms with Gasteiger partial charge in [-0.15, -0.1) is 12.4 Å². The van der Waals surface area contributed by atoms with Crippen LogP contribution in [-0.2, 0) is 6.54 Å². The molecular formula is C15H21ClN4O3. The molecule has 7 nitrogen and oxygen atoms in total. The number of nitrogens with zero attached hydrogens (tertiary/aromatic N) is 2. The summed E-state index contributed by atoms with van der Waals surface area (Å²) in [5.74, 6) is -0.579. The Bertz CT molecular complexity index is 780. The summed E-state index contributed by atoms with van der Waals surface area (Å²) in [7, 11) is 0. The molecule has 0 bridgehead atoms. The van der Waals surface area contributed by atoms with Crippen molar-refractivity contribution >= 4 is 35.0 Å². The fraction of sp³-hybridized carbons (Fsp3) is 0.267. The third-order valence-corrected chi connectivity index (χ3v) is 3.02. The number of halogens is 1. The fourth-order valence-electron chi connectivity index (χ4n) is 2.22. The van der Waals surface area contributed by atoms with Crippen LogP contribution in [-0.4, -0.2) is 21.9 Å². The Kier molecular flexibility index (Phi) is 7.45. The van der Waals surface area contributed by atoms with Crippen LogP contribution in [0.1, 0.15) is 24.2 Å². The van der Waals surface area contributed by atoms with Gasteiger partial charge >= 0.3 is 0 Å². The Morgan fingerprint density at radius 2 is 1.78 bits per heavy atom. The minimum absolute atomic E-state index is 0. The summed E-state index contributed by atoms with van der Waals surface area (Å²) in [5.41, 5.74) is 10.7. The molecule has 0 saturated carbocycles. The van der Waals surface area contributed by atoms with Crippen LogP contribution in [0.15, 0.2) is 40.2 Å². The van der Waals surface area contributed by atoms with Crippen molar-refractivity contribution in [2.45, 2.75) is 20.4 Å². The number of amides is 1. The number of benzene rings is 1. The van der Waals surface area contributed by atoms with Crippen LogP contribution in [0.5, 0.6) is 0 Å². The summed E-state index contributed by atoms with van der Waals surface area (Å²) < 4.78 is 1.53. The summed E-state index contributed by atoms with van der Waals surface area (Å²) in [5, 5.41) is 1.03. The van der Waals surface area contributed by atoms with E-state index in [4.69, 9.17) is 11.5 Å². The molecule has 0 aliphatic carbocycles. The summed E-state index contributed by atoms with van der Waals surface area (Å²) in [6.45, 7) is 4.52. The topological polar surface area (TPSA) is 135 Å². The van der Waals surface area contributed by atoms with Crippen molar-refractivity contribution in [1.29, 1.82) is 0 Å². The number of hydrogen-bond donors (Lipinski definition) is 2. The van der Waals surface area contributed by atoms with Crippen molar-refractivity contribution in [2.24, 2.45) is 22.4 Å². The lowest BCUT2D eigenvalue weighted by atomic mass is 10.1. The van der Waals surface area contributed by atoms with E-state index in [-0.39, 0.29) is 35.3 Å². The lowest BCUT2D eigenvalue weighted by Crippen LogP contribution is -2.26. The first-order chi connectivity index (χ1) is 9.90. The van der Waals surface area contributed by atoms with Gasteiger partial charge in [-0.25, -0.2) is 0 Å². The van der Waals surface area contributed by atoms with Crippen molar-refractivity contribution in [3.8, 4) is 0 Å². The molecular weight excluding hydrogens is 320 g/mol. The number of rotatable bonds is 3. The second-order valence-corrected chi connectivity index (χ2v) is 5.28. The monoisotopic (exact) mass is 340 g/mol. The lowest BCUT2D eigenvalue weighted by Gasteiger charge is -2.12. The Morgan fingerprint density at radius 1 is 1.22 bits per heavy atom. The van der Waals surface area contributed by atoms with Gasteiger partial charge in [0, 0.05) is 23.5 Å². The minimum Gasteiger partial charge on any atom is -0.412 e. The standard InChI is InChI=1S/C15H18N4O2.ClH.H2O/c1-9(2)7-19-8-12(13(20)18-15(16)17)10-5-3-4-6-11(10)14(19)21;;/h3-6,8-9H,7H2,1-2H3,(H4,16,17,18,20);1H;1H2. The van der Waals surface area contributed by atoms with E-state index < -0.39 is 5.91 Å². The van der Waals surface area contributed by atoms with Crippen molar-refractivity contribution in [3.63, 3.8) is 0 Å². The molecule has 0 saturated heterocycles. The molecule has 1 aromatic heterocycles. The summed E-state index contributed by atoms with van der Waals surface area (Å²) in [6, 6.07) is 6.94. The van der Waals surface area contributed by atoms with E-state index in [2.05, 4.69) is 4.99 Å². The second kappa shape index (κ2) is 8.30. The van der Waals surface area contributed by atoms with Gasteiger partial charge in [0.15, 0.2) is 5.96 Å². The van der Waals surface area contributed by atoms with Gasteiger partial charge in [-0.2, -0.15) is 4.99 Å². The van der Waals surface area contributed by atoms with Crippen LogP contribution in [0.25, 0.3) is 10.8 Å². The predicted octanol–water partition coefficient (Wildman–Crippen LogP) is 0.668. The molecule has 0 atom stereocenters. The second-order valence-electron chi connectivity index (χ2n) is 5.28. The lowest BCUT2D eigenvalue weighted by molar-refractivity contribution is 0.100. The number of carbonyl (C=O) groups excluding carboxylic acids is 1. The number of hydrogen-bond acceptors (Lipinski definition) is 2. The van der Waals surface area contributed by atoms with E-state index in [0.29, 0.717) is 22.9 Å². The third-order valence-electron chi connectivity index (χ3n) is 3.02. The van der Waals surface area contributed by atoms with Crippen LogP contribution in [0.3, 0.4) is 0 Å². The molecule has 23 heavy (non-hydrogen) atoms. The van der Waals surface area contributed by atoms with E-state index in [1.165, 1.54) is 10.8 Å². The Labute approximate surface area is 139 Å². The highest BCUT2D eigenvalue weighted by Crippen LogP contribution is 2.17. The Hall–Kier alpha value is -2.38. The zero-order valence-electron chi connectivity index (χ0n) is 12.9. The van der Waals surface area contributed by atoms with Gasteiger partial charge in [0.05, 0.1) is 5.56 Å².